The first-order valence-corrected chi connectivity index (χ1v) is 11.0. The van der Waals surface area contributed by atoms with Gasteiger partial charge in [0.25, 0.3) is 5.91 Å². The lowest BCUT2D eigenvalue weighted by molar-refractivity contribution is 0.0937. The van der Waals surface area contributed by atoms with E-state index in [2.05, 4.69) is 41.3 Å². The van der Waals surface area contributed by atoms with Crippen LogP contribution in [-0.4, -0.2) is 62.1 Å². The first kappa shape index (κ1) is 22.9. The van der Waals surface area contributed by atoms with E-state index in [0.717, 1.165) is 51.4 Å². The van der Waals surface area contributed by atoms with Crippen molar-refractivity contribution >= 4 is 29.1 Å². The minimum absolute atomic E-state index is 0.120. The summed E-state index contributed by atoms with van der Waals surface area (Å²) < 4.78 is 5.79. The van der Waals surface area contributed by atoms with Crippen LogP contribution in [0.15, 0.2) is 42.5 Å². The molecule has 162 valence electrons. The molecule has 2 aromatic rings. The Bertz CT molecular complexity index is 823. The van der Waals surface area contributed by atoms with Crippen LogP contribution in [0.1, 0.15) is 28.8 Å². The van der Waals surface area contributed by atoms with Gasteiger partial charge in [-0.3, -0.25) is 9.69 Å². The molecule has 0 spiro atoms. The number of nitrogens with zero attached hydrogens (tertiary/aromatic N) is 2. The van der Waals surface area contributed by atoms with Crippen molar-refractivity contribution in [3.05, 3.63) is 63.6 Å². The van der Waals surface area contributed by atoms with Crippen LogP contribution >= 0.6 is 23.2 Å². The summed E-state index contributed by atoms with van der Waals surface area (Å²) in [6.07, 6.45) is 1.93. The Kier molecular flexibility index (Phi) is 8.40. The van der Waals surface area contributed by atoms with Crippen LogP contribution in [0.2, 0.25) is 10.0 Å². The summed E-state index contributed by atoms with van der Waals surface area (Å²) >= 11 is 12.0. The molecular formula is C23H29Cl2N3O2. The maximum Gasteiger partial charge on any atom is 0.251 e. The molecule has 1 amide bonds. The van der Waals surface area contributed by atoms with E-state index in [1.54, 1.807) is 18.2 Å². The van der Waals surface area contributed by atoms with Gasteiger partial charge >= 0.3 is 0 Å². The summed E-state index contributed by atoms with van der Waals surface area (Å²) in [7, 11) is 4.13. The van der Waals surface area contributed by atoms with Crippen molar-refractivity contribution in [3.8, 4) is 5.75 Å². The zero-order valence-electron chi connectivity index (χ0n) is 17.5. The third-order valence-electron chi connectivity index (χ3n) is 5.08. The van der Waals surface area contributed by atoms with Gasteiger partial charge in [0.2, 0.25) is 0 Å². The highest BCUT2D eigenvalue weighted by Crippen LogP contribution is 2.20. The van der Waals surface area contributed by atoms with Gasteiger partial charge in [-0.25, -0.2) is 0 Å². The fraction of sp³-hybridized carbons (Fsp3) is 0.435. The topological polar surface area (TPSA) is 44.8 Å². The molecule has 1 aliphatic rings. The number of likely N-dealkylation sites (tertiary alicyclic amines) is 1. The van der Waals surface area contributed by atoms with Gasteiger partial charge < -0.3 is 15.0 Å². The number of hydrogen-bond donors (Lipinski definition) is 1. The Labute approximate surface area is 188 Å². The molecule has 0 radical (unpaired) electrons. The highest BCUT2D eigenvalue weighted by atomic mass is 35.5. The summed E-state index contributed by atoms with van der Waals surface area (Å²) in [5.41, 5.74) is 1.73. The number of amides is 1. The lowest BCUT2D eigenvalue weighted by Gasteiger charge is -2.17. The second-order valence-electron chi connectivity index (χ2n) is 8.00. The summed E-state index contributed by atoms with van der Waals surface area (Å²) in [4.78, 5) is 17.0. The van der Waals surface area contributed by atoms with E-state index in [4.69, 9.17) is 27.9 Å². The molecule has 0 aliphatic carbocycles. The molecule has 0 unspecified atom stereocenters. The third kappa shape index (κ3) is 7.17. The van der Waals surface area contributed by atoms with E-state index in [9.17, 15) is 4.79 Å². The predicted molar refractivity (Wildman–Crippen MR) is 123 cm³/mol. The number of carbonyl (C=O) groups is 1. The van der Waals surface area contributed by atoms with Gasteiger partial charge in [0.05, 0.1) is 6.61 Å². The van der Waals surface area contributed by atoms with Crippen LogP contribution in [0.5, 0.6) is 5.75 Å². The summed E-state index contributed by atoms with van der Waals surface area (Å²) in [6.45, 7) is 4.38. The summed E-state index contributed by atoms with van der Waals surface area (Å²) in [5, 5.41) is 4.02. The maximum atomic E-state index is 12.5. The Balaban J connectivity index is 1.43. The van der Waals surface area contributed by atoms with Gasteiger partial charge in [0.1, 0.15) is 5.75 Å². The Morgan fingerprint density at radius 1 is 1.17 bits per heavy atom. The zero-order valence-corrected chi connectivity index (χ0v) is 19.0. The van der Waals surface area contributed by atoms with Crippen molar-refractivity contribution in [3.63, 3.8) is 0 Å². The van der Waals surface area contributed by atoms with Gasteiger partial charge in [-0.15, -0.1) is 0 Å². The third-order valence-corrected chi connectivity index (χ3v) is 5.52. The zero-order chi connectivity index (χ0) is 21.5. The second-order valence-corrected chi connectivity index (χ2v) is 8.87. The number of carbonyl (C=O) groups excluding carboxylic acids is 1. The van der Waals surface area contributed by atoms with Crippen molar-refractivity contribution in [1.29, 1.82) is 0 Å². The monoisotopic (exact) mass is 449 g/mol. The van der Waals surface area contributed by atoms with E-state index in [-0.39, 0.29) is 11.9 Å². The number of hydrogen-bond acceptors (Lipinski definition) is 4. The smallest absolute Gasteiger partial charge is 0.251 e. The maximum absolute atomic E-state index is 12.5. The molecule has 1 fully saturated rings. The number of halogens is 2. The largest absolute Gasteiger partial charge is 0.494 e. The van der Waals surface area contributed by atoms with Crippen LogP contribution in [0.3, 0.4) is 0 Å². The summed E-state index contributed by atoms with van der Waals surface area (Å²) in [6, 6.07) is 13.3. The molecule has 3 rings (SSSR count). The first-order valence-electron chi connectivity index (χ1n) is 10.2. The molecule has 5 nitrogen and oxygen atoms in total. The van der Waals surface area contributed by atoms with Crippen molar-refractivity contribution in [2.24, 2.45) is 0 Å². The van der Waals surface area contributed by atoms with Gasteiger partial charge in [-0.1, -0.05) is 35.3 Å². The molecule has 2 aromatic carbocycles. The van der Waals surface area contributed by atoms with Gasteiger partial charge in [0, 0.05) is 47.8 Å². The molecule has 1 atom stereocenters. The van der Waals surface area contributed by atoms with Crippen molar-refractivity contribution in [1.82, 2.24) is 15.1 Å². The van der Waals surface area contributed by atoms with E-state index in [0.29, 0.717) is 15.6 Å². The Morgan fingerprint density at radius 2 is 1.87 bits per heavy atom. The van der Waals surface area contributed by atoms with Crippen LogP contribution in [0.4, 0.5) is 0 Å². The number of rotatable bonds is 9. The van der Waals surface area contributed by atoms with E-state index < -0.39 is 0 Å². The minimum atomic E-state index is -0.137. The van der Waals surface area contributed by atoms with Crippen LogP contribution in [0.25, 0.3) is 0 Å². The predicted octanol–water partition coefficient (Wildman–Crippen LogP) is 4.33. The number of nitrogens with one attached hydrogen (secondary N) is 1. The highest BCUT2D eigenvalue weighted by Gasteiger charge is 2.24. The van der Waals surface area contributed by atoms with E-state index in [1.807, 2.05) is 12.1 Å². The van der Waals surface area contributed by atoms with Crippen molar-refractivity contribution < 1.29 is 9.53 Å². The van der Waals surface area contributed by atoms with Crippen molar-refractivity contribution in [2.75, 3.05) is 40.3 Å². The molecule has 0 bridgehead atoms. The number of benzene rings is 2. The molecule has 7 heteroatoms. The SMILES string of the molecule is CN(C)CCCOc1ccc(CN2CC[C@H](NC(=O)c3cc(Cl)cc(Cl)c3)C2)cc1. The molecular weight excluding hydrogens is 421 g/mol. The standard InChI is InChI=1S/C23H29Cl2N3O2/c1-27(2)9-3-11-30-22-6-4-17(5-7-22)15-28-10-8-21(16-28)26-23(29)18-12-19(24)14-20(25)13-18/h4-7,12-14,21H,3,8-11,15-16H2,1-2H3,(H,26,29)/t21-/m0/s1. The molecule has 0 saturated carbocycles. The molecule has 30 heavy (non-hydrogen) atoms. The minimum Gasteiger partial charge on any atom is -0.494 e. The number of ether oxygens (including phenoxy) is 1. The highest BCUT2D eigenvalue weighted by molar-refractivity contribution is 6.35. The first-order chi connectivity index (χ1) is 14.4. The van der Waals surface area contributed by atoms with Crippen LogP contribution in [0, 0.1) is 0 Å². The van der Waals surface area contributed by atoms with Crippen LogP contribution in [-0.2, 0) is 6.54 Å². The molecule has 1 N–H and O–H groups in total. The second kappa shape index (κ2) is 11.0. The lowest BCUT2D eigenvalue weighted by atomic mass is 10.2. The van der Waals surface area contributed by atoms with Gasteiger partial charge in [-0.2, -0.15) is 0 Å². The Morgan fingerprint density at radius 3 is 2.53 bits per heavy atom. The Hall–Kier alpha value is -1.79. The molecule has 1 saturated heterocycles. The van der Waals surface area contributed by atoms with Gasteiger partial charge in [0.15, 0.2) is 0 Å². The quantitative estimate of drug-likeness (QED) is 0.578. The van der Waals surface area contributed by atoms with Crippen LogP contribution < -0.4 is 10.1 Å². The lowest BCUT2D eigenvalue weighted by Crippen LogP contribution is -2.37. The molecule has 1 aliphatic heterocycles. The van der Waals surface area contributed by atoms with Crippen molar-refractivity contribution in [2.45, 2.75) is 25.4 Å². The van der Waals surface area contributed by atoms with Gasteiger partial charge in [-0.05, 0) is 62.8 Å². The molecule has 0 aromatic heterocycles. The fourth-order valence-corrected chi connectivity index (χ4v) is 4.09. The fourth-order valence-electron chi connectivity index (χ4n) is 3.57. The summed E-state index contributed by atoms with van der Waals surface area (Å²) in [5.74, 6) is 0.770. The molecule has 1 heterocycles. The van der Waals surface area contributed by atoms with E-state index in [1.165, 1.54) is 5.56 Å². The average Bonchev–Trinajstić information content (AvgIpc) is 3.12. The average molecular weight is 450 g/mol. The van der Waals surface area contributed by atoms with E-state index >= 15 is 0 Å². The normalized spacial score (nSPS) is 16.8.